The third-order valence-corrected chi connectivity index (χ3v) is 5.56. The molecule has 0 aliphatic carbocycles. The Balaban J connectivity index is 1.23. The smallest absolute Gasteiger partial charge is 0.266 e. The van der Waals surface area contributed by atoms with Gasteiger partial charge in [-0.1, -0.05) is 18.2 Å². The SMILES string of the molecule is O=c1ccc(-n2cccn2)nn1CCN1CCN(c2ccnc3ccccc23)CC1. The van der Waals surface area contributed by atoms with Gasteiger partial charge < -0.3 is 4.90 Å². The summed E-state index contributed by atoms with van der Waals surface area (Å²) in [6.07, 6.45) is 5.40. The minimum atomic E-state index is -0.0900. The van der Waals surface area contributed by atoms with Crippen molar-refractivity contribution in [2.45, 2.75) is 6.54 Å². The van der Waals surface area contributed by atoms with Gasteiger partial charge in [0.2, 0.25) is 0 Å². The molecule has 4 heterocycles. The van der Waals surface area contributed by atoms with E-state index in [1.165, 1.54) is 15.8 Å². The Bertz CT molecular complexity index is 1190. The van der Waals surface area contributed by atoms with Crippen molar-refractivity contribution < 1.29 is 0 Å². The summed E-state index contributed by atoms with van der Waals surface area (Å²) >= 11 is 0. The maximum absolute atomic E-state index is 12.2. The molecule has 0 N–H and O–H groups in total. The highest BCUT2D eigenvalue weighted by molar-refractivity contribution is 5.91. The Morgan fingerprint density at radius 2 is 1.73 bits per heavy atom. The summed E-state index contributed by atoms with van der Waals surface area (Å²) in [6.45, 7) is 5.15. The second-order valence-corrected chi connectivity index (χ2v) is 7.38. The van der Waals surface area contributed by atoms with Crippen LogP contribution in [0.5, 0.6) is 0 Å². The van der Waals surface area contributed by atoms with Gasteiger partial charge in [0.1, 0.15) is 0 Å². The van der Waals surface area contributed by atoms with E-state index in [0.717, 1.165) is 38.2 Å². The molecule has 5 rings (SSSR count). The van der Waals surface area contributed by atoms with Gasteiger partial charge in [0.25, 0.3) is 5.56 Å². The van der Waals surface area contributed by atoms with E-state index in [0.29, 0.717) is 12.4 Å². The molecule has 0 spiro atoms. The highest BCUT2D eigenvalue weighted by Crippen LogP contribution is 2.25. The normalized spacial score (nSPS) is 15.0. The molecule has 0 bridgehead atoms. The molecule has 152 valence electrons. The van der Waals surface area contributed by atoms with E-state index in [2.05, 4.69) is 49.2 Å². The lowest BCUT2D eigenvalue weighted by Crippen LogP contribution is -2.47. The molecule has 1 fully saturated rings. The molecule has 8 heteroatoms. The zero-order valence-corrected chi connectivity index (χ0v) is 16.6. The first-order valence-corrected chi connectivity index (χ1v) is 10.2. The van der Waals surface area contributed by atoms with Crippen LogP contribution in [-0.4, -0.2) is 62.2 Å². The maximum atomic E-state index is 12.2. The van der Waals surface area contributed by atoms with Crippen LogP contribution >= 0.6 is 0 Å². The van der Waals surface area contributed by atoms with Crippen molar-refractivity contribution >= 4 is 16.6 Å². The molecule has 1 aliphatic heterocycles. The molecule has 0 unspecified atom stereocenters. The highest BCUT2D eigenvalue weighted by atomic mass is 16.1. The third-order valence-electron chi connectivity index (χ3n) is 5.56. The summed E-state index contributed by atoms with van der Waals surface area (Å²) in [4.78, 5) is 21.5. The van der Waals surface area contributed by atoms with E-state index in [1.807, 2.05) is 24.5 Å². The van der Waals surface area contributed by atoms with Gasteiger partial charge in [-0.25, -0.2) is 9.36 Å². The number of fused-ring (bicyclic) bond motifs is 1. The average Bonchev–Trinajstić information content (AvgIpc) is 3.34. The quantitative estimate of drug-likeness (QED) is 0.508. The Hall–Kier alpha value is -3.52. The first-order valence-electron chi connectivity index (χ1n) is 10.2. The van der Waals surface area contributed by atoms with Crippen LogP contribution in [0.1, 0.15) is 0 Å². The lowest BCUT2D eigenvalue weighted by atomic mass is 10.1. The monoisotopic (exact) mass is 401 g/mol. The van der Waals surface area contributed by atoms with Gasteiger partial charge in [0.05, 0.1) is 12.1 Å². The van der Waals surface area contributed by atoms with Gasteiger partial charge in [0.15, 0.2) is 5.82 Å². The number of anilines is 1. The van der Waals surface area contributed by atoms with Gasteiger partial charge in [-0.3, -0.25) is 14.7 Å². The number of hydrogen-bond donors (Lipinski definition) is 0. The number of nitrogens with zero attached hydrogens (tertiary/aromatic N) is 7. The minimum Gasteiger partial charge on any atom is -0.368 e. The van der Waals surface area contributed by atoms with Crippen LogP contribution in [0.3, 0.4) is 0 Å². The van der Waals surface area contributed by atoms with E-state index in [4.69, 9.17) is 0 Å². The molecule has 1 saturated heterocycles. The third kappa shape index (κ3) is 3.69. The second kappa shape index (κ2) is 8.08. The molecule has 30 heavy (non-hydrogen) atoms. The molecular formula is C22H23N7O. The molecule has 0 atom stereocenters. The van der Waals surface area contributed by atoms with Gasteiger partial charge in [0, 0.05) is 68.5 Å². The molecule has 0 amide bonds. The lowest BCUT2D eigenvalue weighted by Gasteiger charge is -2.36. The van der Waals surface area contributed by atoms with E-state index in [9.17, 15) is 4.79 Å². The summed E-state index contributed by atoms with van der Waals surface area (Å²) in [5.41, 5.74) is 2.18. The lowest BCUT2D eigenvalue weighted by molar-refractivity contribution is 0.242. The van der Waals surface area contributed by atoms with Crippen molar-refractivity contribution in [1.29, 1.82) is 0 Å². The van der Waals surface area contributed by atoms with E-state index >= 15 is 0 Å². The summed E-state index contributed by atoms with van der Waals surface area (Å²) in [5.74, 6) is 0.647. The first-order chi connectivity index (χ1) is 14.8. The fourth-order valence-electron chi connectivity index (χ4n) is 3.93. The van der Waals surface area contributed by atoms with Crippen molar-refractivity contribution in [2.24, 2.45) is 0 Å². The number of hydrogen-bond acceptors (Lipinski definition) is 6. The molecule has 4 aromatic rings. The molecule has 1 aliphatic rings. The van der Waals surface area contributed by atoms with Gasteiger partial charge in [-0.05, 0) is 24.3 Å². The molecule has 3 aromatic heterocycles. The van der Waals surface area contributed by atoms with E-state index < -0.39 is 0 Å². The summed E-state index contributed by atoms with van der Waals surface area (Å²) in [5, 5.41) is 9.83. The molecule has 1 aromatic carbocycles. The number of piperazine rings is 1. The van der Waals surface area contributed by atoms with Crippen LogP contribution in [0.2, 0.25) is 0 Å². The van der Waals surface area contributed by atoms with Gasteiger partial charge in [-0.2, -0.15) is 5.10 Å². The second-order valence-electron chi connectivity index (χ2n) is 7.38. The zero-order chi connectivity index (χ0) is 20.3. The van der Waals surface area contributed by atoms with E-state index in [-0.39, 0.29) is 5.56 Å². The maximum Gasteiger partial charge on any atom is 0.266 e. The van der Waals surface area contributed by atoms with Crippen LogP contribution < -0.4 is 10.5 Å². The highest BCUT2D eigenvalue weighted by Gasteiger charge is 2.19. The fraction of sp³-hybridized carbons (Fsp3) is 0.273. The summed E-state index contributed by atoms with van der Waals surface area (Å²) < 4.78 is 3.19. The Morgan fingerprint density at radius 1 is 0.867 bits per heavy atom. The van der Waals surface area contributed by atoms with E-state index in [1.54, 1.807) is 23.0 Å². The fourth-order valence-corrected chi connectivity index (χ4v) is 3.93. The van der Waals surface area contributed by atoms with Crippen LogP contribution in [0.25, 0.3) is 16.7 Å². The van der Waals surface area contributed by atoms with Crippen molar-refractivity contribution in [3.8, 4) is 5.82 Å². The summed E-state index contributed by atoms with van der Waals surface area (Å²) in [7, 11) is 0. The molecule has 0 radical (unpaired) electrons. The molecular weight excluding hydrogens is 378 g/mol. The molecule has 8 nitrogen and oxygen atoms in total. The van der Waals surface area contributed by atoms with Crippen LogP contribution in [0.15, 0.2) is 71.9 Å². The van der Waals surface area contributed by atoms with Crippen molar-refractivity contribution in [1.82, 2.24) is 29.4 Å². The van der Waals surface area contributed by atoms with Crippen LogP contribution in [-0.2, 0) is 6.54 Å². The number of pyridine rings is 1. The predicted molar refractivity (Wildman–Crippen MR) is 116 cm³/mol. The molecule has 0 saturated carbocycles. The summed E-state index contributed by atoms with van der Waals surface area (Å²) in [6, 6.07) is 15.5. The van der Waals surface area contributed by atoms with Gasteiger partial charge >= 0.3 is 0 Å². The number of aromatic nitrogens is 5. The average molecular weight is 401 g/mol. The minimum absolute atomic E-state index is 0.0900. The van der Waals surface area contributed by atoms with Crippen molar-refractivity contribution in [3.63, 3.8) is 0 Å². The number of para-hydroxylation sites is 1. The topological polar surface area (TPSA) is 72.1 Å². The van der Waals surface area contributed by atoms with Crippen molar-refractivity contribution in [2.75, 3.05) is 37.6 Å². The largest absolute Gasteiger partial charge is 0.368 e. The van der Waals surface area contributed by atoms with Crippen LogP contribution in [0.4, 0.5) is 5.69 Å². The standard InChI is InChI=1S/C22H23N7O/c30-22-7-6-21(28-11-3-9-24-28)25-29(22)17-14-26-12-15-27(16-13-26)20-8-10-23-19-5-2-1-4-18(19)20/h1-11H,12-17H2. The zero-order valence-electron chi connectivity index (χ0n) is 16.6. The van der Waals surface area contributed by atoms with Crippen molar-refractivity contribution in [3.05, 3.63) is 77.5 Å². The van der Waals surface area contributed by atoms with Gasteiger partial charge in [-0.15, -0.1) is 5.10 Å². The number of benzene rings is 1. The first kappa shape index (κ1) is 18.5. The predicted octanol–water partition coefficient (Wildman–Crippen LogP) is 1.80. The van der Waals surface area contributed by atoms with Crippen LogP contribution in [0, 0.1) is 0 Å². The Labute approximate surface area is 174 Å². The number of rotatable bonds is 5. The Morgan fingerprint density at radius 3 is 2.57 bits per heavy atom. The Kier molecular flexibility index (Phi) is 4.98.